The summed E-state index contributed by atoms with van der Waals surface area (Å²) in [5, 5.41) is 13.2. The fourth-order valence-electron chi connectivity index (χ4n) is 2.38. The number of aryl methyl sites for hydroxylation is 1. The Morgan fingerprint density at radius 3 is 2.55 bits per heavy atom. The van der Waals surface area contributed by atoms with E-state index in [9.17, 15) is 10.1 Å². The molecule has 110 valence electrons. The van der Waals surface area contributed by atoms with Gasteiger partial charge in [0, 0.05) is 43.9 Å². The molecule has 20 heavy (non-hydrogen) atoms. The van der Waals surface area contributed by atoms with E-state index < -0.39 is 0 Å². The van der Waals surface area contributed by atoms with E-state index in [4.69, 9.17) is 0 Å². The van der Waals surface area contributed by atoms with Gasteiger partial charge in [-0.2, -0.15) is 0 Å². The predicted octanol–water partition coefficient (Wildman–Crippen LogP) is 1.72. The predicted molar refractivity (Wildman–Crippen MR) is 78.5 cm³/mol. The fraction of sp³-hybridized carbons (Fsp3) is 0.571. The molecule has 0 aliphatic carbocycles. The van der Waals surface area contributed by atoms with Gasteiger partial charge in [0.2, 0.25) is 0 Å². The van der Waals surface area contributed by atoms with Crippen LogP contribution < -0.4 is 5.43 Å². The topological polar surface area (TPSA) is 61.6 Å². The molecule has 1 N–H and O–H groups in total. The number of rotatable bonds is 4. The lowest BCUT2D eigenvalue weighted by Gasteiger charge is -2.34. The van der Waals surface area contributed by atoms with Crippen molar-refractivity contribution in [2.75, 3.05) is 33.2 Å². The summed E-state index contributed by atoms with van der Waals surface area (Å²) in [7, 11) is 2.12. The summed E-state index contributed by atoms with van der Waals surface area (Å²) < 4.78 is 0. The first kappa shape index (κ1) is 14.9. The van der Waals surface area contributed by atoms with E-state index in [0.29, 0.717) is 5.56 Å². The smallest absolute Gasteiger partial charge is 0.272 e. The van der Waals surface area contributed by atoms with Crippen LogP contribution in [-0.4, -0.2) is 48.1 Å². The summed E-state index contributed by atoms with van der Waals surface area (Å²) in [5.41, 5.74) is 5.26. The van der Waals surface area contributed by atoms with Gasteiger partial charge < -0.3 is 4.90 Å². The maximum Gasteiger partial charge on any atom is 0.272 e. The van der Waals surface area contributed by atoms with Crippen molar-refractivity contribution < 1.29 is 4.92 Å². The van der Waals surface area contributed by atoms with Crippen LogP contribution in [0.25, 0.3) is 0 Å². The molecule has 0 aromatic heterocycles. The summed E-state index contributed by atoms with van der Waals surface area (Å²) in [5.74, 6) is 0. The van der Waals surface area contributed by atoms with Crippen molar-refractivity contribution in [3.63, 3.8) is 0 Å². The number of hydrogen-bond acceptors (Lipinski definition) is 5. The Kier molecular flexibility index (Phi) is 4.69. The molecule has 1 heterocycles. The average molecular weight is 278 g/mol. The van der Waals surface area contributed by atoms with Gasteiger partial charge in [0.15, 0.2) is 0 Å². The molecular weight excluding hydrogens is 256 g/mol. The Bertz CT molecular complexity index is 484. The van der Waals surface area contributed by atoms with Crippen LogP contribution in [-0.2, 0) is 0 Å². The van der Waals surface area contributed by atoms with Crippen LogP contribution in [0.2, 0.25) is 0 Å². The van der Waals surface area contributed by atoms with Gasteiger partial charge in [0.25, 0.3) is 5.69 Å². The Morgan fingerprint density at radius 2 is 1.95 bits per heavy atom. The Hall–Kier alpha value is -1.50. The zero-order valence-electron chi connectivity index (χ0n) is 12.3. The van der Waals surface area contributed by atoms with E-state index in [1.807, 2.05) is 19.1 Å². The van der Waals surface area contributed by atoms with E-state index in [2.05, 4.69) is 22.4 Å². The number of piperazine rings is 1. The van der Waals surface area contributed by atoms with Crippen LogP contribution in [0, 0.1) is 17.0 Å². The highest BCUT2D eigenvalue weighted by Crippen LogP contribution is 2.23. The van der Waals surface area contributed by atoms with Crippen LogP contribution in [0.1, 0.15) is 24.1 Å². The zero-order chi connectivity index (χ0) is 14.7. The molecule has 1 fully saturated rings. The third kappa shape index (κ3) is 3.53. The lowest BCUT2D eigenvalue weighted by molar-refractivity contribution is -0.385. The molecule has 0 saturated carbocycles. The second kappa shape index (κ2) is 6.30. The van der Waals surface area contributed by atoms with Crippen LogP contribution in [0.15, 0.2) is 18.2 Å². The van der Waals surface area contributed by atoms with Crippen molar-refractivity contribution in [2.24, 2.45) is 0 Å². The largest absolute Gasteiger partial charge is 0.304 e. The Balaban J connectivity index is 2.03. The molecule has 1 aromatic carbocycles. The molecular formula is C14H22N4O2. The molecule has 1 unspecified atom stereocenters. The number of hydrogen-bond donors (Lipinski definition) is 1. The SMILES string of the molecule is Cc1ccc(C(C)NN2CCN(C)CC2)cc1[N+](=O)[O-]. The summed E-state index contributed by atoms with van der Waals surface area (Å²) in [4.78, 5) is 13.0. The minimum atomic E-state index is -0.318. The zero-order valence-corrected chi connectivity index (χ0v) is 12.3. The maximum absolute atomic E-state index is 11.0. The number of nitro benzene ring substituents is 1. The van der Waals surface area contributed by atoms with Gasteiger partial charge in [-0.1, -0.05) is 12.1 Å². The Labute approximate surface area is 119 Å². The molecule has 1 aromatic rings. The first-order chi connectivity index (χ1) is 9.47. The van der Waals surface area contributed by atoms with Crippen LogP contribution >= 0.6 is 0 Å². The molecule has 0 amide bonds. The molecule has 1 aliphatic rings. The van der Waals surface area contributed by atoms with Crippen molar-refractivity contribution in [1.29, 1.82) is 0 Å². The molecule has 2 rings (SSSR count). The molecule has 1 aliphatic heterocycles. The number of nitrogens with one attached hydrogen (secondary N) is 1. The molecule has 6 heteroatoms. The van der Waals surface area contributed by atoms with Gasteiger partial charge in [-0.05, 0) is 26.5 Å². The number of nitrogens with zero attached hydrogens (tertiary/aromatic N) is 3. The first-order valence-corrected chi connectivity index (χ1v) is 6.92. The number of nitro groups is 1. The second-order valence-electron chi connectivity index (χ2n) is 5.44. The molecule has 0 spiro atoms. The number of likely N-dealkylation sites (N-methyl/N-ethyl adjacent to an activating group) is 1. The summed E-state index contributed by atoms with van der Waals surface area (Å²) in [6, 6.07) is 5.51. The van der Waals surface area contributed by atoms with Crippen molar-refractivity contribution >= 4 is 5.69 Å². The summed E-state index contributed by atoms with van der Waals surface area (Å²) in [6.07, 6.45) is 0. The monoisotopic (exact) mass is 278 g/mol. The van der Waals surface area contributed by atoms with Gasteiger partial charge in [-0.15, -0.1) is 0 Å². The maximum atomic E-state index is 11.0. The molecule has 0 bridgehead atoms. The lowest BCUT2D eigenvalue weighted by atomic mass is 10.1. The van der Waals surface area contributed by atoms with Crippen LogP contribution in [0.5, 0.6) is 0 Å². The Morgan fingerprint density at radius 1 is 1.30 bits per heavy atom. The summed E-state index contributed by atoms with van der Waals surface area (Å²) >= 11 is 0. The van der Waals surface area contributed by atoms with E-state index in [0.717, 1.165) is 31.7 Å². The first-order valence-electron chi connectivity index (χ1n) is 6.92. The van der Waals surface area contributed by atoms with Crippen LogP contribution in [0.4, 0.5) is 5.69 Å². The normalized spacial score (nSPS) is 18.9. The number of hydrazine groups is 1. The third-order valence-electron chi connectivity index (χ3n) is 3.81. The van der Waals surface area contributed by atoms with E-state index >= 15 is 0 Å². The van der Waals surface area contributed by atoms with Crippen molar-refractivity contribution in [3.05, 3.63) is 39.4 Å². The van der Waals surface area contributed by atoms with Crippen LogP contribution in [0.3, 0.4) is 0 Å². The highest BCUT2D eigenvalue weighted by Gasteiger charge is 2.18. The highest BCUT2D eigenvalue weighted by molar-refractivity contribution is 5.43. The molecule has 1 atom stereocenters. The fourth-order valence-corrected chi connectivity index (χ4v) is 2.38. The number of benzene rings is 1. The van der Waals surface area contributed by atoms with E-state index in [1.54, 1.807) is 13.0 Å². The molecule has 1 saturated heterocycles. The lowest BCUT2D eigenvalue weighted by Crippen LogP contribution is -2.51. The van der Waals surface area contributed by atoms with E-state index in [1.165, 1.54) is 0 Å². The quantitative estimate of drug-likeness (QED) is 0.671. The standard InChI is InChI=1S/C14H22N4O2/c1-11-4-5-13(10-14(11)18(19)20)12(2)15-17-8-6-16(3)7-9-17/h4-5,10,12,15H,6-9H2,1-3H3. The third-order valence-corrected chi connectivity index (χ3v) is 3.81. The van der Waals surface area contributed by atoms with Crippen molar-refractivity contribution in [3.8, 4) is 0 Å². The van der Waals surface area contributed by atoms with Crippen molar-refractivity contribution in [2.45, 2.75) is 19.9 Å². The van der Waals surface area contributed by atoms with Gasteiger partial charge in [0.1, 0.15) is 0 Å². The average Bonchev–Trinajstić information content (AvgIpc) is 2.41. The van der Waals surface area contributed by atoms with Gasteiger partial charge in [-0.25, -0.2) is 10.4 Å². The van der Waals surface area contributed by atoms with Gasteiger partial charge in [0.05, 0.1) is 4.92 Å². The molecule has 6 nitrogen and oxygen atoms in total. The second-order valence-corrected chi connectivity index (χ2v) is 5.44. The minimum Gasteiger partial charge on any atom is -0.304 e. The van der Waals surface area contributed by atoms with Gasteiger partial charge >= 0.3 is 0 Å². The highest BCUT2D eigenvalue weighted by atomic mass is 16.6. The van der Waals surface area contributed by atoms with E-state index in [-0.39, 0.29) is 16.7 Å². The summed E-state index contributed by atoms with van der Waals surface area (Å²) in [6.45, 7) is 7.80. The van der Waals surface area contributed by atoms with Crippen molar-refractivity contribution in [1.82, 2.24) is 15.3 Å². The molecule has 0 radical (unpaired) electrons. The van der Waals surface area contributed by atoms with Gasteiger partial charge in [-0.3, -0.25) is 10.1 Å². The minimum absolute atomic E-state index is 0.0673.